The minimum absolute atomic E-state index is 0.0311. The SMILES string of the molecule is Cc1cc(=O)n(-c2ccc(C(N)=O)cc2)c(O)c1C#N. The highest BCUT2D eigenvalue weighted by atomic mass is 16.3. The lowest BCUT2D eigenvalue weighted by atomic mass is 10.1. The van der Waals surface area contributed by atoms with E-state index in [2.05, 4.69) is 0 Å². The van der Waals surface area contributed by atoms with E-state index in [4.69, 9.17) is 11.0 Å². The lowest BCUT2D eigenvalue weighted by Gasteiger charge is -2.11. The highest BCUT2D eigenvalue weighted by Gasteiger charge is 2.14. The summed E-state index contributed by atoms with van der Waals surface area (Å²) in [5.74, 6) is -1.01. The van der Waals surface area contributed by atoms with Crippen LogP contribution in [0.2, 0.25) is 0 Å². The number of carbonyl (C=O) groups is 1. The van der Waals surface area contributed by atoms with E-state index in [0.717, 1.165) is 4.57 Å². The van der Waals surface area contributed by atoms with Gasteiger partial charge in [-0.3, -0.25) is 9.59 Å². The fourth-order valence-corrected chi connectivity index (χ4v) is 1.88. The monoisotopic (exact) mass is 269 g/mol. The summed E-state index contributed by atoms with van der Waals surface area (Å²) in [6.45, 7) is 1.57. The lowest BCUT2D eigenvalue weighted by molar-refractivity contribution is 0.100. The Hall–Kier alpha value is -3.07. The van der Waals surface area contributed by atoms with Gasteiger partial charge in [0.15, 0.2) is 0 Å². The van der Waals surface area contributed by atoms with Crippen LogP contribution in [0.1, 0.15) is 21.5 Å². The lowest BCUT2D eigenvalue weighted by Crippen LogP contribution is -2.19. The average Bonchev–Trinajstić information content (AvgIpc) is 2.39. The number of nitrogens with two attached hydrogens (primary N) is 1. The Morgan fingerprint density at radius 3 is 2.45 bits per heavy atom. The molecular formula is C14H11N3O3. The fraction of sp³-hybridized carbons (Fsp3) is 0.0714. The van der Waals surface area contributed by atoms with Gasteiger partial charge in [0.05, 0.1) is 5.69 Å². The number of hydrogen-bond donors (Lipinski definition) is 2. The zero-order valence-corrected chi connectivity index (χ0v) is 10.6. The van der Waals surface area contributed by atoms with Crippen LogP contribution >= 0.6 is 0 Å². The molecule has 0 saturated carbocycles. The van der Waals surface area contributed by atoms with Crippen LogP contribution in [0.15, 0.2) is 35.1 Å². The number of nitriles is 1. The summed E-state index contributed by atoms with van der Waals surface area (Å²) < 4.78 is 0.996. The summed E-state index contributed by atoms with van der Waals surface area (Å²) in [5, 5.41) is 19.0. The van der Waals surface area contributed by atoms with Gasteiger partial charge in [-0.05, 0) is 36.8 Å². The van der Waals surface area contributed by atoms with Crippen LogP contribution in [0, 0.1) is 18.3 Å². The van der Waals surface area contributed by atoms with Gasteiger partial charge < -0.3 is 10.8 Å². The Morgan fingerprint density at radius 1 is 1.35 bits per heavy atom. The molecule has 0 fully saturated rings. The molecule has 1 aromatic heterocycles. The number of pyridine rings is 1. The molecule has 0 aliphatic carbocycles. The molecule has 6 nitrogen and oxygen atoms in total. The first-order chi connectivity index (χ1) is 9.45. The topological polar surface area (TPSA) is 109 Å². The van der Waals surface area contributed by atoms with Crippen molar-refractivity contribution in [1.82, 2.24) is 4.57 Å². The fourth-order valence-electron chi connectivity index (χ4n) is 1.88. The number of benzene rings is 1. The molecule has 1 amide bonds. The number of aromatic nitrogens is 1. The summed E-state index contributed by atoms with van der Waals surface area (Å²) >= 11 is 0. The molecule has 2 rings (SSSR count). The molecule has 0 saturated heterocycles. The number of primary amides is 1. The van der Waals surface area contributed by atoms with Crippen LogP contribution in [-0.2, 0) is 0 Å². The Bertz CT molecular complexity index is 783. The summed E-state index contributed by atoms with van der Waals surface area (Å²) in [7, 11) is 0. The maximum atomic E-state index is 12.0. The number of hydrogen-bond acceptors (Lipinski definition) is 4. The molecule has 6 heteroatoms. The first kappa shape index (κ1) is 13.4. The predicted molar refractivity (Wildman–Crippen MR) is 71.7 cm³/mol. The van der Waals surface area contributed by atoms with Crippen molar-refractivity contribution in [3.05, 3.63) is 57.4 Å². The first-order valence-electron chi connectivity index (χ1n) is 5.71. The van der Waals surface area contributed by atoms with Crippen molar-refractivity contribution in [1.29, 1.82) is 5.26 Å². The van der Waals surface area contributed by atoms with Crippen molar-refractivity contribution in [2.24, 2.45) is 5.73 Å². The van der Waals surface area contributed by atoms with Crippen molar-refractivity contribution >= 4 is 5.91 Å². The predicted octanol–water partition coefficient (Wildman–Crippen LogP) is 0.822. The van der Waals surface area contributed by atoms with Gasteiger partial charge in [0.25, 0.3) is 5.56 Å². The molecule has 1 heterocycles. The smallest absolute Gasteiger partial charge is 0.258 e. The van der Waals surface area contributed by atoms with Gasteiger partial charge >= 0.3 is 0 Å². The van der Waals surface area contributed by atoms with E-state index < -0.39 is 17.3 Å². The van der Waals surface area contributed by atoms with Gasteiger partial charge in [-0.1, -0.05) is 0 Å². The Morgan fingerprint density at radius 2 is 1.95 bits per heavy atom. The summed E-state index contributed by atoms with van der Waals surface area (Å²) in [6.07, 6.45) is 0. The third-order valence-electron chi connectivity index (χ3n) is 2.91. The van der Waals surface area contributed by atoms with E-state index in [1.54, 1.807) is 6.92 Å². The summed E-state index contributed by atoms with van der Waals surface area (Å²) in [5.41, 5.74) is 5.72. The van der Waals surface area contributed by atoms with Crippen LogP contribution in [0.5, 0.6) is 5.88 Å². The Labute approximate surface area is 114 Å². The van der Waals surface area contributed by atoms with Crippen molar-refractivity contribution in [3.8, 4) is 17.6 Å². The van der Waals surface area contributed by atoms with Gasteiger partial charge in [0, 0.05) is 11.6 Å². The molecule has 0 aliphatic rings. The van der Waals surface area contributed by atoms with Crippen LogP contribution in [0.25, 0.3) is 5.69 Å². The van der Waals surface area contributed by atoms with Crippen molar-refractivity contribution in [2.45, 2.75) is 6.92 Å². The molecule has 0 bridgehead atoms. The zero-order chi connectivity index (χ0) is 14.9. The van der Waals surface area contributed by atoms with Crippen LogP contribution in [0.4, 0.5) is 0 Å². The molecule has 20 heavy (non-hydrogen) atoms. The largest absolute Gasteiger partial charge is 0.493 e. The number of amides is 1. The van der Waals surface area contributed by atoms with Crippen LogP contribution in [-0.4, -0.2) is 15.6 Å². The number of aryl methyl sites for hydroxylation is 1. The standard InChI is InChI=1S/C14H11N3O3/c1-8-6-12(18)17(14(20)11(8)7-15)10-4-2-9(3-5-10)13(16)19/h2-6,20H,1H3,(H2,16,19). The second-order valence-corrected chi connectivity index (χ2v) is 4.22. The van der Waals surface area contributed by atoms with Crippen LogP contribution in [0.3, 0.4) is 0 Å². The summed E-state index contributed by atoms with van der Waals surface area (Å²) in [4.78, 5) is 22.9. The minimum Gasteiger partial charge on any atom is -0.493 e. The van der Waals surface area contributed by atoms with Gasteiger partial charge in [0.2, 0.25) is 11.8 Å². The van der Waals surface area contributed by atoms with Crippen LogP contribution < -0.4 is 11.3 Å². The van der Waals surface area contributed by atoms with Crippen molar-refractivity contribution in [2.75, 3.05) is 0 Å². The number of nitrogens with zero attached hydrogens (tertiary/aromatic N) is 2. The van der Waals surface area contributed by atoms with E-state index in [1.807, 2.05) is 6.07 Å². The highest BCUT2D eigenvalue weighted by molar-refractivity contribution is 5.92. The number of rotatable bonds is 2. The Kier molecular flexibility index (Phi) is 3.27. The van der Waals surface area contributed by atoms with E-state index in [1.165, 1.54) is 30.3 Å². The van der Waals surface area contributed by atoms with Gasteiger partial charge in [0.1, 0.15) is 11.6 Å². The van der Waals surface area contributed by atoms with Crippen molar-refractivity contribution < 1.29 is 9.90 Å². The summed E-state index contributed by atoms with van der Waals surface area (Å²) in [6, 6.07) is 8.93. The quantitative estimate of drug-likeness (QED) is 0.841. The van der Waals surface area contributed by atoms with E-state index in [0.29, 0.717) is 11.3 Å². The molecule has 3 N–H and O–H groups in total. The maximum Gasteiger partial charge on any atom is 0.258 e. The number of carbonyl (C=O) groups excluding carboxylic acids is 1. The van der Waals surface area contributed by atoms with E-state index >= 15 is 0 Å². The third kappa shape index (κ3) is 2.12. The zero-order valence-electron chi connectivity index (χ0n) is 10.6. The normalized spacial score (nSPS) is 10.0. The molecule has 100 valence electrons. The molecular weight excluding hydrogens is 258 g/mol. The maximum absolute atomic E-state index is 12.0. The Balaban J connectivity index is 2.67. The van der Waals surface area contributed by atoms with Gasteiger partial charge in [-0.2, -0.15) is 5.26 Å². The molecule has 2 aromatic rings. The van der Waals surface area contributed by atoms with Gasteiger partial charge in [-0.15, -0.1) is 0 Å². The van der Waals surface area contributed by atoms with E-state index in [9.17, 15) is 14.7 Å². The molecule has 0 spiro atoms. The molecule has 0 atom stereocenters. The second-order valence-electron chi connectivity index (χ2n) is 4.22. The minimum atomic E-state index is -0.588. The molecule has 0 aliphatic heterocycles. The number of aromatic hydroxyl groups is 1. The third-order valence-corrected chi connectivity index (χ3v) is 2.91. The molecule has 0 radical (unpaired) electrons. The molecule has 1 aromatic carbocycles. The van der Waals surface area contributed by atoms with E-state index in [-0.39, 0.29) is 11.1 Å². The highest BCUT2D eigenvalue weighted by Crippen LogP contribution is 2.21. The van der Waals surface area contributed by atoms with Crippen molar-refractivity contribution in [3.63, 3.8) is 0 Å². The molecule has 0 unspecified atom stereocenters. The van der Waals surface area contributed by atoms with Gasteiger partial charge in [-0.25, -0.2) is 4.57 Å². The second kappa shape index (κ2) is 4.90. The average molecular weight is 269 g/mol. The first-order valence-corrected chi connectivity index (χ1v) is 5.71.